The van der Waals surface area contributed by atoms with E-state index >= 15 is 0 Å². The van der Waals surface area contributed by atoms with Crippen LogP contribution in [0.2, 0.25) is 0 Å². The highest BCUT2D eigenvalue weighted by Crippen LogP contribution is 2.21. The minimum Gasteiger partial charge on any atom is -0.484 e. The topological polar surface area (TPSA) is 131 Å². The maximum atomic E-state index is 12.3. The van der Waals surface area contributed by atoms with Gasteiger partial charge in [0.2, 0.25) is 20.0 Å². The standard InChI is InChI=1S/C22H31N3O6S2/c1-16(2)14-25-33(29,30)20-9-10-21(18(4)13-20)31-15-22(26)23-11-12-24-32(27,28)19-7-5-17(3)6-8-19/h5-10,13,16,24-25H,11-12,14-15H2,1-4H3,(H,23,26). The van der Waals surface area contributed by atoms with Crippen LogP contribution < -0.4 is 19.5 Å². The summed E-state index contributed by atoms with van der Waals surface area (Å²) in [6.07, 6.45) is 0. The number of ether oxygens (including phenoxy) is 1. The molecule has 0 aliphatic heterocycles. The Morgan fingerprint density at radius 1 is 0.879 bits per heavy atom. The van der Waals surface area contributed by atoms with Crippen molar-refractivity contribution in [2.24, 2.45) is 5.92 Å². The quantitative estimate of drug-likeness (QED) is 0.383. The summed E-state index contributed by atoms with van der Waals surface area (Å²) in [6, 6.07) is 10.9. The van der Waals surface area contributed by atoms with E-state index in [1.54, 1.807) is 19.1 Å². The van der Waals surface area contributed by atoms with Crippen molar-refractivity contribution in [3.05, 3.63) is 53.6 Å². The Bertz CT molecular complexity index is 1160. The third-order valence-electron chi connectivity index (χ3n) is 4.57. The molecule has 0 aromatic heterocycles. The molecular weight excluding hydrogens is 466 g/mol. The first-order chi connectivity index (χ1) is 15.4. The predicted molar refractivity (Wildman–Crippen MR) is 126 cm³/mol. The zero-order chi connectivity index (χ0) is 24.6. The van der Waals surface area contributed by atoms with Crippen molar-refractivity contribution in [2.75, 3.05) is 26.2 Å². The van der Waals surface area contributed by atoms with Crippen molar-refractivity contribution in [3.63, 3.8) is 0 Å². The molecule has 3 N–H and O–H groups in total. The van der Waals surface area contributed by atoms with Crippen LogP contribution in [0, 0.1) is 19.8 Å². The van der Waals surface area contributed by atoms with Gasteiger partial charge in [0.15, 0.2) is 6.61 Å². The van der Waals surface area contributed by atoms with Crippen LogP contribution in [0.5, 0.6) is 5.75 Å². The van der Waals surface area contributed by atoms with E-state index in [2.05, 4.69) is 14.8 Å². The number of carbonyl (C=O) groups is 1. The number of hydrogen-bond acceptors (Lipinski definition) is 6. The van der Waals surface area contributed by atoms with E-state index in [0.717, 1.165) is 5.56 Å². The van der Waals surface area contributed by atoms with Crippen molar-refractivity contribution in [1.82, 2.24) is 14.8 Å². The summed E-state index contributed by atoms with van der Waals surface area (Å²) < 4.78 is 59.5. The number of aryl methyl sites for hydroxylation is 2. The molecule has 2 aromatic carbocycles. The number of sulfonamides is 2. The average Bonchev–Trinajstić information content (AvgIpc) is 2.75. The van der Waals surface area contributed by atoms with Gasteiger partial charge in [-0.15, -0.1) is 0 Å². The number of rotatable bonds is 12. The minimum absolute atomic E-state index is 0.0247. The molecule has 9 nitrogen and oxygen atoms in total. The maximum absolute atomic E-state index is 12.3. The number of hydrogen-bond donors (Lipinski definition) is 3. The smallest absolute Gasteiger partial charge is 0.257 e. The second-order valence-electron chi connectivity index (χ2n) is 8.02. The highest BCUT2D eigenvalue weighted by molar-refractivity contribution is 7.89. The van der Waals surface area contributed by atoms with Gasteiger partial charge in [0.25, 0.3) is 5.91 Å². The number of carbonyl (C=O) groups excluding carboxylic acids is 1. The van der Waals surface area contributed by atoms with Gasteiger partial charge >= 0.3 is 0 Å². The van der Waals surface area contributed by atoms with E-state index in [9.17, 15) is 21.6 Å². The summed E-state index contributed by atoms with van der Waals surface area (Å²) in [5.74, 6) is 0.132. The van der Waals surface area contributed by atoms with Gasteiger partial charge in [-0.2, -0.15) is 0 Å². The van der Waals surface area contributed by atoms with Crippen LogP contribution in [0.1, 0.15) is 25.0 Å². The van der Waals surface area contributed by atoms with Crippen LogP contribution in [-0.4, -0.2) is 49.0 Å². The van der Waals surface area contributed by atoms with Crippen LogP contribution in [0.3, 0.4) is 0 Å². The predicted octanol–water partition coefficient (Wildman–Crippen LogP) is 1.71. The summed E-state index contributed by atoms with van der Waals surface area (Å²) in [4.78, 5) is 12.3. The van der Waals surface area contributed by atoms with Crippen LogP contribution in [-0.2, 0) is 24.8 Å². The van der Waals surface area contributed by atoms with Gasteiger partial charge in [-0.1, -0.05) is 31.5 Å². The molecule has 0 heterocycles. The Kier molecular flexibility index (Phi) is 9.41. The molecule has 182 valence electrons. The molecule has 0 saturated carbocycles. The third-order valence-corrected chi connectivity index (χ3v) is 7.47. The lowest BCUT2D eigenvalue weighted by atomic mass is 10.2. The Morgan fingerprint density at radius 3 is 2.09 bits per heavy atom. The lowest BCUT2D eigenvalue weighted by Gasteiger charge is -2.13. The molecule has 0 radical (unpaired) electrons. The third kappa shape index (κ3) is 8.43. The first-order valence-electron chi connectivity index (χ1n) is 10.5. The lowest BCUT2D eigenvalue weighted by Crippen LogP contribution is -2.36. The van der Waals surface area contributed by atoms with Crippen molar-refractivity contribution in [3.8, 4) is 5.75 Å². The number of amides is 1. The van der Waals surface area contributed by atoms with Gasteiger partial charge in [0.1, 0.15) is 5.75 Å². The zero-order valence-electron chi connectivity index (χ0n) is 19.2. The van der Waals surface area contributed by atoms with Gasteiger partial charge in [0.05, 0.1) is 9.79 Å². The first kappa shape index (κ1) is 26.8. The minimum atomic E-state index is -3.65. The molecule has 33 heavy (non-hydrogen) atoms. The fourth-order valence-electron chi connectivity index (χ4n) is 2.69. The van der Waals surface area contributed by atoms with E-state index in [0.29, 0.717) is 17.9 Å². The summed E-state index contributed by atoms with van der Waals surface area (Å²) in [5.41, 5.74) is 1.52. The normalized spacial score (nSPS) is 12.0. The number of benzene rings is 2. The molecule has 2 rings (SSSR count). The van der Waals surface area contributed by atoms with Crippen LogP contribution in [0.4, 0.5) is 0 Å². The van der Waals surface area contributed by atoms with Gasteiger partial charge in [-0.05, 0) is 55.7 Å². The first-order valence-corrected chi connectivity index (χ1v) is 13.4. The molecule has 2 aromatic rings. The van der Waals surface area contributed by atoms with Crippen molar-refractivity contribution >= 4 is 26.0 Å². The van der Waals surface area contributed by atoms with Crippen molar-refractivity contribution in [2.45, 2.75) is 37.5 Å². The summed E-state index contributed by atoms with van der Waals surface area (Å²) in [5, 5.41) is 2.57. The highest BCUT2D eigenvalue weighted by atomic mass is 32.2. The largest absolute Gasteiger partial charge is 0.484 e. The Balaban J connectivity index is 1.80. The van der Waals surface area contributed by atoms with E-state index in [1.807, 2.05) is 20.8 Å². The molecule has 0 atom stereocenters. The summed E-state index contributed by atoms with van der Waals surface area (Å²) in [6.45, 7) is 7.54. The molecule has 11 heteroatoms. The van der Waals surface area contributed by atoms with E-state index in [1.165, 1.54) is 30.3 Å². The molecule has 0 fully saturated rings. The zero-order valence-corrected chi connectivity index (χ0v) is 20.8. The molecule has 0 spiro atoms. The fourth-order valence-corrected chi connectivity index (χ4v) is 5.02. The van der Waals surface area contributed by atoms with Crippen LogP contribution in [0.25, 0.3) is 0 Å². The van der Waals surface area contributed by atoms with Crippen molar-refractivity contribution in [1.29, 1.82) is 0 Å². The monoisotopic (exact) mass is 497 g/mol. The molecule has 0 bridgehead atoms. The van der Waals surface area contributed by atoms with Crippen molar-refractivity contribution < 1.29 is 26.4 Å². The molecule has 0 unspecified atom stereocenters. The number of nitrogens with one attached hydrogen (secondary N) is 3. The van der Waals surface area contributed by atoms with Gasteiger partial charge < -0.3 is 10.1 Å². The van der Waals surface area contributed by atoms with E-state index in [-0.39, 0.29) is 35.4 Å². The second kappa shape index (κ2) is 11.6. The maximum Gasteiger partial charge on any atom is 0.257 e. The molecule has 1 amide bonds. The Hall–Kier alpha value is -2.47. The summed E-state index contributed by atoms with van der Waals surface area (Å²) in [7, 11) is -7.26. The van der Waals surface area contributed by atoms with Crippen LogP contribution >= 0.6 is 0 Å². The van der Waals surface area contributed by atoms with Gasteiger partial charge in [0, 0.05) is 19.6 Å². The summed E-state index contributed by atoms with van der Waals surface area (Å²) >= 11 is 0. The molecule has 0 aliphatic rings. The lowest BCUT2D eigenvalue weighted by molar-refractivity contribution is -0.123. The molecule has 0 aliphatic carbocycles. The fraction of sp³-hybridized carbons (Fsp3) is 0.409. The second-order valence-corrected chi connectivity index (χ2v) is 11.6. The molecular formula is C22H31N3O6S2. The van der Waals surface area contributed by atoms with Crippen LogP contribution in [0.15, 0.2) is 52.3 Å². The van der Waals surface area contributed by atoms with Gasteiger partial charge in [-0.3, -0.25) is 4.79 Å². The molecule has 0 saturated heterocycles. The van der Waals surface area contributed by atoms with E-state index < -0.39 is 26.0 Å². The van der Waals surface area contributed by atoms with E-state index in [4.69, 9.17) is 4.74 Å². The highest BCUT2D eigenvalue weighted by Gasteiger charge is 2.16. The average molecular weight is 498 g/mol. The Labute approximate surface area is 196 Å². The van der Waals surface area contributed by atoms with Gasteiger partial charge in [-0.25, -0.2) is 26.3 Å². The Morgan fingerprint density at radius 2 is 1.48 bits per heavy atom. The SMILES string of the molecule is Cc1ccc(S(=O)(=O)NCCNC(=O)COc2ccc(S(=O)(=O)NCC(C)C)cc2C)cc1.